The molecule has 0 spiro atoms. The Kier molecular flexibility index (Phi) is 3.14. The predicted octanol–water partition coefficient (Wildman–Crippen LogP) is 4.74. The molecule has 0 saturated heterocycles. The molecule has 0 aliphatic heterocycles. The Balaban J connectivity index is 2.29. The molecule has 3 rings (SSSR count). The first-order valence-corrected chi connectivity index (χ1v) is 6.79. The van der Waals surface area contributed by atoms with Gasteiger partial charge in [0.25, 0.3) is 0 Å². The van der Waals surface area contributed by atoms with Crippen LogP contribution in [0, 0.1) is 24.4 Å². The van der Waals surface area contributed by atoms with Crippen molar-refractivity contribution < 1.29 is 13.2 Å². The number of fused-ring (bicyclic) bond motifs is 1. The third-order valence-corrected chi connectivity index (χ3v) is 4.28. The first kappa shape index (κ1) is 13.3. The van der Waals surface area contributed by atoms with Gasteiger partial charge in [-0.1, -0.05) is 11.6 Å². The molecule has 0 aliphatic carbocycles. The number of hydrogen-bond acceptors (Lipinski definition) is 3. The summed E-state index contributed by atoms with van der Waals surface area (Å²) in [4.78, 5) is 8.14. The number of hydrogen-bond donors (Lipinski definition) is 0. The van der Waals surface area contributed by atoms with Crippen LogP contribution < -0.4 is 0 Å². The standard InChI is InChI=1S/C13H6ClF3N2S/c1-5-4-20-11-10(5)18-13(19-12(11)14)6-2-8(16)9(17)3-7(6)15/h2-4H,1H3. The van der Waals surface area contributed by atoms with Crippen molar-refractivity contribution in [3.8, 4) is 11.4 Å². The first-order chi connectivity index (χ1) is 9.47. The molecule has 0 N–H and O–H groups in total. The van der Waals surface area contributed by atoms with Gasteiger partial charge in [0.05, 0.1) is 15.8 Å². The molecule has 2 nitrogen and oxygen atoms in total. The normalized spacial score (nSPS) is 11.2. The molecule has 7 heteroatoms. The summed E-state index contributed by atoms with van der Waals surface area (Å²) in [6.07, 6.45) is 0. The Morgan fingerprint density at radius 2 is 1.75 bits per heavy atom. The second-order valence-electron chi connectivity index (χ2n) is 4.18. The lowest BCUT2D eigenvalue weighted by molar-refractivity contribution is 0.496. The second kappa shape index (κ2) is 4.71. The molecule has 1 aromatic carbocycles. The molecule has 20 heavy (non-hydrogen) atoms. The lowest BCUT2D eigenvalue weighted by Gasteiger charge is -2.04. The van der Waals surface area contributed by atoms with Gasteiger partial charge in [-0.3, -0.25) is 0 Å². The van der Waals surface area contributed by atoms with E-state index in [0.29, 0.717) is 16.3 Å². The zero-order valence-electron chi connectivity index (χ0n) is 10.0. The number of aryl methyl sites for hydroxylation is 1. The zero-order chi connectivity index (χ0) is 14.4. The number of benzene rings is 1. The Labute approximate surface area is 120 Å². The Morgan fingerprint density at radius 3 is 2.50 bits per heavy atom. The van der Waals surface area contributed by atoms with Crippen LogP contribution in [0.15, 0.2) is 17.5 Å². The van der Waals surface area contributed by atoms with Crippen LogP contribution in [0.2, 0.25) is 5.15 Å². The average molecular weight is 315 g/mol. The van der Waals surface area contributed by atoms with E-state index in [1.807, 2.05) is 12.3 Å². The van der Waals surface area contributed by atoms with Gasteiger partial charge < -0.3 is 0 Å². The van der Waals surface area contributed by atoms with Gasteiger partial charge in [0, 0.05) is 6.07 Å². The fourth-order valence-electron chi connectivity index (χ4n) is 1.81. The third-order valence-electron chi connectivity index (χ3n) is 2.80. The van der Waals surface area contributed by atoms with Crippen LogP contribution in [-0.2, 0) is 0 Å². The lowest BCUT2D eigenvalue weighted by Crippen LogP contribution is -1.96. The summed E-state index contributed by atoms with van der Waals surface area (Å²) in [6, 6.07) is 1.19. The second-order valence-corrected chi connectivity index (χ2v) is 5.42. The first-order valence-electron chi connectivity index (χ1n) is 5.53. The van der Waals surface area contributed by atoms with E-state index < -0.39 is 17.5 Å². The molecule has 3 aromatic rings. The highest BCUT2D eigenvalue weighted by molar-refractivity contribution is 7.18. The number of nitrogens with zero attached hydrogens (tertiary/aromatic N) is 2. The van der Waals surface area contributed by atoms with Gasteiger partial charge in [-0.25, -0.2) is 23.1 Å². The molecule has 0 saturated carbocycles. The monoisotopic (exact) mass is 314 g/mol. The maximum atomic E-state index is 13.7. The molecule has 0 aliphatic rings. The van der Waals surface area contributed by atoms with Crippen LogP contribution in [-0.4, -0.2) is 9.97 Å². The van der Waals surface area contributed by atoms with E-state index >= 15 is 0 Å². The molecule has 0 fully saturated rings. The average Bonchev–Trinajstić information content (AvgIpc) is 2.76. The van der Waals surface area contributed by atoms with Gasteiger partial charge in [-0.15, -0.1) is 11.3 Å². The minimum absolute atomic E-state index is 0.0691. The molecular weight excluding hydrogens is 309 g/mol. The molecule has 0 amide bonds. The maximum Gasteiger partial charge on any atom is 0.164 e. The molecule has 0 atom stereocenters. The van der Waals surface area contributed by atoms with Gasteiger partial charge in [0.2, 0.25) is 0 Å². The smallest absolute Gasteiger partial charge is 0.164 e. The van der Waals surface area contributed by atoms with Crippen LogP contribution in [0.4, 0.5) is 13.2 Å². The van der Waals surface area contributed by atoms with E-state index in [9.17, 15) is 13.2 Å². The van der Waals surface area contributed by atoms with Crippen LogP contribution in [0.3, 0.4) is 0 Å². The third kappa shape index (κ3) is 2.05. The quantitative estimate of drug-likeness (QED) is 0.479. The Hall–Kier alpha value is -1.66. The summed E-state index contributed by atoms with van der Waals surface area (Å²) >= 11 is 7.39. The Bertz CT molecular complexity index is 832. The van der Waals surface area contributed by atoms with Crippen molar-refractivity contribution in [1.29, 1.82) is 0 Å². The minimum atomic E-state index is -1.26. The molecule has 2 heterocycles. The summed E-state index contributed by atoms with van der Waals surface area (Å²) in [5, 5.41) is 2.00. The molecule has 0 unspecified atom stereocenters. The summed E-state index contributed by atoms with van der Waals surface area (Å²) in [6.45, 7) is 1.83. The highest BCUT2D eigenvalue weighted by atomic mass is 35.5. The van der Waals surface area contributed by atoms with E-state index in [1.54, 1.807) is 0 Å². The van der Waals surface area contributed by atoms with E-state index in [1.165, 1.54) is 11.3 Å². The van der Waals surface area contributed by atoms with Gasteiger partial charge in [-0.2, -0.15) is 0 Å². The number of rotatable bonds is 1. The van der Waals surface area contributed by atoms with Gasteiger partial charge in [-0.05, 0) is 23.9 Å². The predicted molar refractivity (Wildman–Crippen MR) is 72.5 cm³/mol. The summed E-state index contributed by atoms with van der Waals surface area (Å²) in [5.74, 6) is -3.43. The van der Waals surface area contributed by atoms with Crippen molar-refractivity contribution in [2.75, 3.05) is 0 Å². The maximum absolute atomic E-state index is 13.7. The van der Waals surface area contributed by atoms with Gasteiger partial charge in [0.1, 0.15) is 5.82 Å². The SMILES string of the molecule is Cc1csc2c(Cl)nc(-c3cc(F)c(F)cc3F)nc12. The number of aromatic nitrogens is 2. The molecule has 102 valence electrons. The topological polar surface area (TPSA) is 25.8 Å². The van der Waals surface area contributed by atoms with Crippen molar-refractivity contribution in [3.05, 3.63) is 45.7 Å². The molecule has 0 bridgehead atoms. The van der Waals surface area contributed by atoms with Crippen molar-refractivity contribution in [2.24, 2.45) is 0 Å². The van der Waals surface area contributed by atoms with Crippen LogP contribution in [0.25, 0.3) is 21.6 Å². The van der Waals surface area contributed by atoms with Crippen molar-refractivity contribution >= 4 is 33.2 Å². The van der Waals surface area contributed by atoms with Gasteiger partial charge >= 0.3 is 0 Å². The summed E-state index contributed by atoms with van der Waals surface area (Å²) in [5.41, 5.74) is 1.21. The number of halogens is 4. The summed E-state index contributed by atoms with van der Waals surface area (Å²) in [7, 11) is 0. The number of thiophene rings is 1. The van der Waals surface area contributed by atoms with E-state index in [-0.39, 0.29) is 16.5 Å². The molecular formula is C13H6ClF3N2S. The fraction of sp³-hybridized carbons (Fsp3) is 0.0769. The summed E-state index contributed by atoms with van der Waals surface area (Å²) < 4.78 is 40.6. The van der Waals surface area contributed by atoms with Crippen molar-refractivity contribution in [1.82, 2.24) is 9.97 Å². The fourth-order valence-corrected chi connectivity index (χ4v) is 2.98. The highest BCUT2D eigenvalue weighted by Gasteiger charge is 2.17. The van der Waals surface area contributed by atoms with E-state index in [0.717, 1.165) is 11.6 Å². The van der Waals surface area contributed by atoms with Crippen molar-refractivity contribution in [2.45, 2.75) is 6.92 Å². The minimum Gasteiger partial charge on any atom is -0.227 e. The highest BCUT2D eigenvalue weighted by Crippen LogP contribution is 2.32. The van der Waals surface area contributed by atoms with Crippen molar-refractivity contribution in [3.63, 3.8) is 0 Å². The Morgan fingerprint density at radius 1 is 1.05 bits per heavy atom. The van der Waals surface area contributed by atoms with Crippen LogP contribution in [0.1, 0.15) is 5.56 Å². The molecule has 2 aromatic heterocycles. The van der Waals surface area contributed by atoms with E-state index in [4.69, 9.17) is 11.6 Å². The zero-order valence-corrected chi connectivity index (χ0v) is 11.6. The van der Waals surface area contributed by atoms with Gasteiger partial charge in [0.15, 0.2) is 22.6 Å². The molecule has 0 radical (unpaired) electrons. The largest absolute Gasteiger partial charge is 0.227 e. The van der Waals surface area contributed by atoms with E-state index in [2.05, 4.69) is 9.97 Å². The van der Waals surface area contributed by atoms with Crippen LogP contribution >= 0.6 is 22.9 Å². The van der Waals surface area contributed by atoms with Crippen LogP contribution in [0.5, 0.6) is 0 Å². The lowest BCUT2D eigenvalue weighted by atomic mass is 10.2.